The van der Waals surface area contributed by atoms with E-state index in [-0.39, 0.29) is 28.0 Å². The van der Waals surface area contributed by atoms with Crippen LogP contribution in [-0.2, 0) is 9.53 Å². The van der Waals surface area contributed by atoms with Gasteiger partial charge in [0.25, 0.3) is 0 Å². The van der Waals surface area contributed by atoms with Crippen molar-refractivity contribution in [3.8, 4) is 28.4 Å². The predicted molar refractivity (Wildman–Crippen MR) is 106 cm³/mol. The number of phenols is 2. The highest BCUT2D eigenvalue weighted by Crippen LogP contribution is 2.32. The first-order valence-corrected chi connectivity index (χ1v) is 9.34. The molecule has 1 saturated heterocycles. The number of rotatable bonds is 4. The van der Waals surface area contributed by atoms with Gasteiger partial charge >= 0.3 is 5.97 Å². The van der Waals surface area contributed by atoms with Gasteiger partial charge in [-0.25, -0.2) is 4.79 Å². The lowest BCUT2D eigenvalue weighted by Gasteiger charge is -2.38. The maximum atomic E-state index is 12.9. The van der Waals surface area contributed by atoms with Gasteiger partial charge in [0.1, 0.15) is 52.8 Å². The number of hydrogen-bond acceptors (Lipinski definition) is 10. The zero-order valence-corrected chi connectivity index (χ0v) is 16.2. The van der Waals surface area contributed by atoms with Crippen molar-refractivity contribution in [3.63, 3.8) is 0 Å². The van der Waals surface area contributed by atoms with Gasteiger partial charge in [0.15, 0.2) is 6.10 Å². The van der Waals surface area contributed by atoms with Crippen LogP contribution in [0, 0.1) is 0 Å². The zero-order chi connectivity index (χ0) is 23.2. The lowest BCUT2D eigenvalue weighted by atomic mass is 9.99. The minimum atomic E-state index is -1.89. The van der Waals surface area contributed by atoms with Gasteiger partial charge in [0.05, 0.1) is 5.56 Å². The van der Waals surface area contributed by atoms with Crippen LogP contribution >= 0.6 is 0 Å². The Labute approximate surface area is 178 Å². The van der Waals surface area contributed by atoms with Crippen molar-refractivity contribution in [2.45, 2.75) is 30.7 Å². The summed E-state index contributed by atoms with van der Waals surface area (Å²) in [7, 11) is 0. The molecule has 2 heterocycles. The molecule has 6 N–H and O–H groups in total. The molecule has 0 saturated carbocycles. The summed E-state index contributed by atoms with van der Waals surface area (Å²) in [6.45, 7) is 0. The molecule has 0 spiro atoms. The molecule has 168 valence electrons. The van der Waals surface area contributed by atoms with E-state index in [2.05, 4.69) is 0 Å². The maximum absolute atomic E-state index is 12.9. The van der Waals surface area contributed by atoms with E-state index >= 15 is 0 Å². The highest BCUT2D eigenvalue weighted by atomic mass is 16.7. The number of carbonyl (C=O) groups is 1. The Hall–Kier alpha value is -3.64. The molecule has 32 heavy (non-hydrogen) atoms. The van der Waals surface area contributed by atoms with E-state index in [1.54, 1.807) is 0 Å². The Balaban J connectivity index is 1.68. The van der Waals surface area contributed by atoms with Crippen LogP contribution in [0.5, 0.6) is 17.2 Å². The van der Waals surface area contributed by atoms with Gasteiger partial charge in [0, 0.05) is 12.1 Å². The van der Waals surface area contributed by atoms with Crippen LogP contribution in [0.15, 0.2) is 51.9 Å². The van der Waals surface area contributed by atoms with Crippen molar-refractivity contribution in [3.05, 3.63) is 52.9 Å². The highest BCUT2D eigenvalue weighted by Gasteiger charge is 2.48. The lowest BCUT2D eigenvalue weighted by molar-refractivity contribution is -0.271. The number of fused-ring (bicyclic) bond motifs is 1. The molecule has 0 amide bonds. The monoisotopic (exact) mass is 446 g/mol. The van der Waals surface area contributed by atoms with Gasteiger partial charge in [-0.2, -0.15) is 0 Å². The number of carboxylic acid groups (broad SMARTS) is 1. The van der Waals surface area contributed by atoms with Crippen molar-refractivity contribution in [2.75, 3.05) is 0 Å². The van der Waals surface area contributed by atoms with Crippen molar-refractivity contribution >= 4 is 16.9 Å². The average Bonchev–Trinajstić information content (AvgIpc) is 2.74. The maximum Gasteiger partial charge on any atom is 0.335 e. The van der Waals surface area contributed by atoms with E-state index in [1.165, 1.54) is 30.3 Å². The smallest absolute Gasteiger partial charge is 0.335 e. The van der Waals surface area contributed by atoms with E-state index in [9.17, 15) is 35.1 Å². The summed E-state index contributed by atoms with van der Waals surface area (Å²) < 4.78 is 15.9. The molecule has 1 fully saturated rings. The standard InChI is InChI=1S/C21H18O11/c22-9-3-1-8(2-4-9)11-7-30-13-6-10(5-12(23)14(13)15(11)24)31-21-18(27)16(25)17(26)19(32-21)20(28)29/h1-7,16-19,21-23,25-27H,(H,28,29)/t16-,17+,18+,19-,21-/m0/s1. The van der Waals surface area contributed by atoms with Crippen molar-refractivity contribution in [1.82, 2.24) is 0 Å². The van der Waals surface area contributed by atoms with Gasteiger partial charge in [0.2, 0.25) is 11.7 Å². The molecular formula is C21H18O11. The van der Waals surface area contributed by atoms with Gasteiger partial charge in [-0.15, -0.1) is 0 Å². The van der Waals surface area contributed by atoms with Gasteiger partial charge in [-0.3, -0.25) is 4.79 Å². The fourth-order valence-electron chi connectivity index (χ4n) is 3.40. The van der Waals surface area contributed by atoms with Crippen molar-refractivity contribution < 1.29 is 49.3 Å². The minimum Gasteiger partial charge on any atom is -0.508 e. The third-order valence-electron chi connectivity index (χ3n) is 5.07. The molecule has 11 heteroatoms. The first-order chi connectivity index (χ1) is 15.2. The Bertz CT molecular complexity index is 1220. The molecule has 0 radical (unpaired) electrons. The predicted octanol–water partition coefficient (Wildman–Crippen LogP) is 0.142. The first kappa shape index (κ1) is 21.6. The third-order valence-corrected chi connectivity index (χ3v) is 5.07. The topological polar surface area (TPSA) is 187 Å². The van der Waals surface area contributed by atoms with E-state index in [1.807, 2.05) is 0 Å². The number of ether oxygens (including phenoxy) is 2. The van der Waals surface area contributed by atoms with Gasteiger partial charge in [-0.1, -0.05) is 12.1 Å². The number of phenolic OH excluding ortho intramolecular Hbond substituents is 2. The summed E-state index contributed by atoms with van der Waals surface area (Å²) in [6, 6.07) is 8.02. The summed E-state index contributed by atoms with van der Waals surface area (Å²) in [5, 5.41) is 58.5. The second kappa shape index (κ2) is 8.13. The SMILES string of the molecule is O=C(O)[C@H]1O[C@H](Oc2cc(O)c3c(=O)c(-c4ccc(O)cc4)coc3c2)[C@H](O)[C@@H](O)[C@H]1O. The number of carboxylic acids is 1. The molecule has 1 aromatic heterocycles. The summed E-state index contributed by atoms with van der Waals surface area (Å²) >= 11 is 0. The average molecular weight is 446 g/mol. The number of aliphatic hydroxyl groups is 3. The van der Waals surface area contributed by atoms with Crippen LogP contribution in [0.25, 0.3) is 22.1 Å². The summed E-state index contributed by atoms with van der Waals surface area (Å²) in [4.78, 5) is 24.1. The quantitative estimate of drug-likeness (QED) is 0.320. The van der Waals surface area contributed by atoms with E-state index < -0.39 is 47.9 Å². The largest absolute Gasteiger partial charge is 0.508 e. The van der Waals surface area contributed by atoms with E-state index in [0.29, 0.717) is 5.56 Å². The molecule has 3 aromatic rings. The van der Waals surface area contributed by atoms with Crippen LogP contribution in [0.4, 0.5) is 0 Å². The number of aliphatic carboxylic acids is 1. The number of aliphatic hydroxyl groups excluding tert-OH is 3. The molecular weight excluding hydrogens is 428 g/mol. The Morgan fingerprint density at radius 3 is 2.31 bits per heavy atom. The van der Waals surface area contributed by atoms with Gasteiger partial charge < -0.3 is 44.5 Å². The second-order valence-corrected chi connectivity index (χ2v) is 7.19. The molecule has 1 aliphatic rings. The Kier molecular flexibility index (Phi) is 5.48. The molecule has 5 atom stereocenters. The molecule has 4 rings (SSSR count). The fourth-order valence-corrected chi connectivity index (χ4v) is 3.40. The van der Waals surface area contributed by atoms with E-state index in [0.717, 1.165) is 12.3 Å². The third kappa shape index (κ3) is 3.74. The Morgan fingerprint density at radius 2 is 1.66 bits per heavy atom. The molecule has 0 bridgehead atoms. The Morgan fingerprint density at radius 1 is 0.969 bits per heavy atom. The summed E-state index contributed by atoms with van der Waals surface area (Å²) in [5.41, 5.74) is -0.0503. The van der Waals surface area contributed by atoms with Crippen molar-refractivity contribution in [1.29, 1.82) is 0 Å². The molecule has 0 unspecified atom stereocenters. The number of aromatic hydroxyl groups is 2. The van der Waals surface area contributed by atoms with Crippen LogP contribution in [-0.4, -0.2) is 67.3 Å². The van der Waals surface area contributed by atoms with Crippen LogP contribution in [0.1, 0.15) is 0 Å². The van der Waals surface area contributed by atoms with Gasteiger partial charge in [-0.05, 0) is 17.7 Å². The number of benzene rings is 2. The second-order valence-electron chi connectivity index (χ2n) is 7.19. The molecule has 1 aliphatic heterocycles. The summed E-state index contributed by atoms with van der Waals surface area (Å²) in [5.74, 6) is -2.25. The first-order valence-electron chi connectivity index (χ1n) is 9.34. The number of hydrogen-bond donors (Lipinski definition) is 6. The molecule has 2 aromatic carbocycles. The molecule has 11 nitrogen and oxygen atoms in total. The van der Waals surface area contributed by atoms with Crippen molar-refractivity contribution in [2.24, 2.45) is 0 Å². The van der Waals surface area contributed by atoms with Crippen LogP contribution < -0.4 is 10.2 Å². The summed E-state index contributed by atoms with van der Waals surface area (Å²) in [6.07, 6.45) is -7.96. The minimum absolute atomic E-state index is 0.0125. The fraction of sp³-hybridized carbons (Fsp3) is 0.238. The highest BCUT2D eigenvalue weighted by molar-refractivity contribution is 5.88. The van der Waals surface area contributed by atoms with Crippen LogP contribution in [0.3, 0.4) is 0 Å². The zero-order valence-electron chi connectivity index (χ0n) is 16.2. The molecule has 0 aliphatic carbocycles. The van der Waals surface area contributed by atoms with Crippen LogP contribution in [0.2, 0.25) is 0 Å². The normalized spacial score (nSPS) is 25.5. The van der Waals surface area contributed by atoms with E-state index in [4.69, 9.17) is 19.0 Å². The lowest BCUT2D eigenvalue weighted by Crippen LogP contribution is -2.61.